The lowest BCUT2D eigenvalue weighted by molar-refractivity contribution is -0.119. The maximum absolute atomic E-state index is 12.0. The molecule has 1 aromatic carbocycles. The van der Waals surface area contributed by atoms with Gasteiger partial charge in [-0.3, -0.25) is 9.59 Å². The molecule has 2 amide bonds. The van der Waals surface area contributed by atoms with Crippen LogP contribution >= 0.6 is 0 Å². The van der Waals surface area contributed by atoms with Crippen LogP contribution in [-0.4, -0.2) is 44.0 Å². The molecule has 6 nitrogen and oxygen atoms in total. The summed E-state index contributed by atoms with van der Waals surface area (Å²) in [5.41, 5.74) is 6.53. The van der Waals surface area contributed by atoms with E-state index in [0.717, 1.165) is 0 Å². The van der Waals surface area contributed by atoms with Gasteiger partial charge in [0.15, 0.2) is 0 Å². The van der Waals surface area contributed by atoms with Crippen molar-refractivity contribution in [3.63, 3.8) is 0 Å². The molecule has 3 N–H and O–H groups in total. The number of carbonyl (C=O) groups is 2. The molecule has 0 aromatic heterocycles. The Morgan fingerprint density at radius 3 is 2.57 bits per heavy atom. The van der Waals surface area contributed by atoms with Gasteiger partial charge in [-0.05, 0) is 25.1 Å². The molecule has 1 rings (SSSR count). The van der Waals surface area contributed by atoms with Gasteiger partial charge < -0.3 is 20.7 Å². The quantitative estimate of drug-likeness (QED) is 0.828. The number of carbonyl (C=O) groups excluding carboxylic acids is 2. The third-order valence-corrected chi connectivity index (χ3v) is 2.99. The van der Waals surface area contributed by atoms with Crippen molar-refractivity contribution in [1.29, 1.82) is 0 Å². The number of nitrogens with one attached hydrogen (secondary N) is 1. The first-order valence-corrected chi connectivity index (χ1v) is 6.90. The highest BCUT2D eigenvalue weighted by Gasteiger charge is 2.16. The third-order valence-electron chi connectivity index (χ3n) is 2.99. The molecule has 1 unspecified atom stereocenters. The highest BCUT2D eigenvalue weighted by molar-refractivity contribution is 5.97. The number of nitrogens with two attached hydrogens (primary N) is 1. The molecule has 116 valence electrons. The standard InChI is InChI=1S/C15H23N3O3/c1-5-21-13-8-11(15(20)18(3)4)6-7-12(13)17-14(19)10(2)9-16/h6-8,10H,5,9,16H2,1-4H3,(H,17,19). The summed E-state index contributed by atoms with van der Waals surface area (Å²) < 4.78 is 5.51. The van der Waals surface area contributed by atoms with Crippen LogP contribution in [0.5, 0.6) is 5.75 Å². The predicted octanol–water partition coefficient (Wildman–Crippen LogP) is 1.32. The summed E-state index contributed by atoms with van der Waals surface area (Å²) in [5, 5.41) is 2.77. The summed E-state index contributed by atoms with van der Waals surface area (Å²) in [7, 11) is 3.36. The van der Waals surface area contributed by atoms with E-state index in [0.29, 0.717) is 23.6 Å². The van der Waals surface area contributed by atoms with Crippen molar-refractivity contribution in [2.45, 2.75) is 13.8 Å². The van der Waals surface area contributed by atoms with E-state index in [1.807, 2.05) is 6.92 Å². The van der Waals surface area contributed by atoms with E-state index in [2.05, 4.69) is 5.32 Å². The average molecular weight is 293 g/mol. The van der Waals surface area contributed by atoms with Gasteiger partial charge in [-0.15, -0.1) is 0 Å². The van der Waals surface area contributed by atoms with Crippen molar-refractivity contribution in [3.8, 4) is 5.75 Å². The van der Waals surface area contributed by atoms with Crippen LogP contribution in [0.2, 0.25) is 0 Å². The number of anilines is 1. The van der Waals surface area contributed by atoms with Crippen LogP contribution in [0, 0.1) is 5.92 Å². The van der Waals surface area contributed by atoms with Crippen LogP contribution in [0.3, 0.4) is 0 Å². The van der Waals surface area contributed by atoms with Crippen LogP contribution < -0.4 is 15.8 Å². The van der Waals surface area contributed by atoms with Crippen molar-refractivity contribution in [2.24, 2.45) is 11.7 Å². The van der Waals surface area contributed by atoms with E-state index in [9.17, 15) is 9.59 Å². The molecule has 0 radical (unpaired) electrons. The van der Waals surface area contributed by atoms with Crippen LogP contribution in [-0.2, 0) is 4.79 Å². The molecule has 6 heteroatoms. The number of hydrogen-bond acceptors (Lipinski definition) is 4. The van der Waals surface area contributed by atoms with Gasteiger partial charge in [-0.2, -0.15) is 0 Å². The number of rotatable bonds is 6. The number of amides is 2. The molecule has 0 saturated carbocycles. The lowest BCUT2D eigenvalue weighted by atomic mass is 10.1. The molecule has 0 fully saturated rings. The second-order valence-corrected chi connectivity index (χ2v) is 4.97. The molecular weight excluding hydrogens is 270 g/mol. The second kappa shape index (κ2) is 7.64. The number of ether oxygens (including phenoxy) is 1. The maximum atomic E-state index is 12.0. The highest BCUT2D eigenvalue weighted by atomic mass is 16.5. The smallest absolute Gasteiger partial charge is 0.253 e. The van der Waals surface area contributed by atoms with Gasteiger partial charge in [0.05, 0.1) is 12.3 Å². The summed E-state index contributed by atoms with van der Waals surface area (Å²) >= 11 is 0. The van der Waals surface area contributed by atoms with Crippen molar-refractivity contribution in [1.82, 2.24) is 4.90 Å². The van der Waals surface area contributed by atoms with Crippen molar-refractivity contribution in [2.75, 3.05) is 32.6 Å². The summed E-state index contributed by atoms with van der Waals surface area (Å²) in [5.74, 6) is -0.111. The molecule has 0 spiro atoms. The number of hydrogen-bond donors (Lipinski definition) is 2. The molecule has 0 saturated heterocycles. The molecule has 21 heavy (non-hydrogen) atoms. The van der Waals surface area contributed by atoms with E-state index in [1.54, 1.807) is 39.2 Å². The van der Waals surface area contributed by atoms with Crippen LogP contribution in [0.1, 0.15) is 24.2 Å². The molecule has 1 aromatic rings. The first-order chi connectivity index (χ1) is 9.90. The van der Waals surface area contributed by atoms with Crippen LogP contribution in [0.25, 0.3) is 0 Å². The van der Waals surface area contributed by atoms with Crippen LogP contribution in [0.4, 0.5) is 5.69 Å². The summed E-state index contributed by atoms with van der Waals surface area (Å²) in [6, 6.07) is 4.96. The Balaban J connectivity index is 3.04. The normalized spacial score (nSPS) is 11.7. The topological polar surface area (TPSA) is 84.7 Å². The summed E-state index contributed by atoms with van der Waals surface area (Å²) in [6.07, 6.45) is 0. The van der Waals surface area contributed by atoms with E-state index >= 15 is 0 Å². The number of benzene rings is 1. The van der Waals surface area contributed by atoms with E-state index in [1.165, 1.54) is 4.90 Å². The molecule has 1 atom stereocenters. The lowest BCUT2D eigenvalue weighted by Crippen LogP contribution is -2.27. The third kappa shape index (κ3) is 4.46. The Morgan fingerprint density at radius 2 is 2.05 bits per heavy atom. The first-order valence-electron chi connectivity index (χ1n) is 6.90. The van der Waals surface area contributed by atoms with Crippen LogP contribution in [0.15, 0.2) is 18.2 Å². The largest absolute Gasteiger partial charge is 0.492 e. The maximum Gasteiger partial charge on any atom is 0.253 e. The molecule has 0 heterocycles. The fourth-order valence-electron chi connectivity index (χ4n) is 1.65. The Morgan fingerprint density at radius 1 is 1.38 bits per heavy atom. The second-order valence-electron chi connectivity index (χ2n) is 4.97. The van der Waals surface area contributed by atoms with E-state index < -0.39 is 0 Å². The zero-order chi connectivity index (χ0) is 16.0. The van der Waals surface area contributed by atoms with Gasteiger partial charge >= 0.3 is 0 Å². The molecule has 0 bridgehead atoms. The molecule has 0 aliphatic heterocycles. The van der Waals surface area contributed by atoms with Crippen molar-refractivity contribution in [3.05, 3.63) is 23.8 Å². The number of nitrogens with zero attached hydrogens (tertiary/aromatic N) is 1. The SMILES string of the molecule is CCOc1cc(C(=O)N(C)C)ccc1NC(=O)C(C)CN. The van der Waals surface area contributed by atoms with Gasteiger partial charge in [-0.25, -0.2) is 0 Å². The Bertz CT molecular complexity index is 515. The summed E-state index contributed by atoms with van der Waals surface area (Å²) in [6.45, 7) is 4.30. The Labute approximate surface area is 125 Å². The van der Waals surface area contributed by atoms with E-state index in [4.69, 9.17) is 10.5 Å². The minimum atomic E-state index is -0.289. The van der Waals surface area contributed by atoms with Gasteiger partial charge in [0.1, 0.15) is 5.75 Å². The first kappa shape index (κ1) is 17.0. The zero-order valence-corrected chi connectivity index (χ0v) is 13.0. The minimum Gasteiger partial charge on any atom is -0.492 e. The van der Waals surface area contributed by atoms with Gasteiger partial charge in [0.25, 0.3) is 5.91 Å². The average Bonchev–Trinajstić information content (AvgIpc) is 2.47. The van der Waals surface area contributed by atoms with Gasteiger partial charge in [0.2, 0.25) is 5.91 Å². The highest BCUT2D eigenvalue weighted by Crippen LogP contribution is 2.27. The fraction of sp³-hybridized carbons (Fsp3) is 0.467. The molecular formula is C15H23N3O3. The van der Waals surface area contributed by atoms with Gasteiger partial charge in [0, 0.05) is 32.1 Å². The van der Waals surface area contributed by atoms with Crippen molar-refractivity contribution < 1.29 is 14.3 Å². The molecule has 0 aliphatic carbocycles. The Kier molecular flexibility index (Phi) is 6.17. The zero-order valence-electron chi connectivity index (χ0n) is 13.0. The monoisotopic (exact) mass is 293 g/mol. The minimum absolute atomic E-state index is 0.121. The van der Waals surface area contributed by atoms with E-state index in [-0.39, 0.29) is 24.3 Å². The fourth-order valence-corrected chi connectivity index (χ4v) is 1.65. The summed E-state index contributed by atoms with van der Waals surface area (Å²) in [4.78, 5) is 25.3. The Hall–Kier alpha value is -2.08. The lowest BCUT2D eigenvalue weighted by Gasteiger charge is -2.16. The van der Waals surface area contributed by atoms with Crippen molar-refractivity contribution >= 4 is 17.5 Å². The van der Waals surface area contributed by atoms with Gasteiger partial charge in [-0.1, -0.05) is 6.92 Å². The predicted molar refractivity (Wildman–Crippen MR) is 82.5 cm³/mol. The molecule has 0 aliphatic rings.